The molecule has 0 aromatic rings. The van der Waals surface area contributed by atoms with Gasteiger partial charge in [-0.05, 0) is 0 Å². The zero-order valence-electron chi connectivity index (χ0n) is 3.26. The first kappa shape index (κ1) is 5.14. The van der Waals surface area contributed by atoms with Gasteiger partial charge < -0.3 is 5.11 Å². The van der Waals surface area contributed by atoms with Gasteiger partial charge in [-0.2, -0.15) is 0 Å². The fourth-order valence-electron chi connectivity index (χ4n) is 0. The lowest BCUT2D eigenvalue weighted by Crippen LogP contribution is -2.05. The van der Waals surface area contributed by atoms with Crippen LogP contribution in [0.3, 0.4) is 0 Å². The largest absolute Gasteiger partial charge is 0.476 e. The quantitative estimate of drug-likeness (QED) is 0.354. The van der Waals surface area contributed by atoms with Crippen molar-refractivity contribution >= 4 is 11.8 Å². The molecule has 0 aromatic carbocycles. The molecular formula is C3H4O3. The van der Waals surface area contributed by atoms with E-state index in [2.05, 4.69) is 0 Å². The smallest absolute Gasteiger partial charge is 0.371 e. The van der Waals surface area contributed by atoms with Gasteiger partial charge in [0.05, 0.1) is 0 Å². The molecule has 34 valence electrons. The highest BCUT2D eigenvalue weighted by Gasteiger charge is 1.98. The van der Waals surface area contributed by atoms with Crippen molar-refractivity contribution in [3.05, 3.63) is 0 Å². The van der Waals surface area contributed by atoms with E-state index >= 15 is 0 Å². The lowest BCUT2D eigenvalue weighted by Gasteiger charge is -1.73. The van der Waals surface area contributed by atoms with E-state index in [4.69, 9.17) is 5.11 Å². The van der Waals surface area contributed by atoms with E-state index in [-0.39, 0.29) is 0 Å². The summed E-state index contributed by atoms with van der Waals surface area (Å²) in [5.41, 5.74) is 0. The third-order valence-corrected chi connectivity index (χ3v) is 0.301. The molecule has 0 aliphatic heterocycles. The number of carboxylic acids is 1. The molecule has 6 heavy (non-hydrogen) atoms. The average molecular weight is 90.0 g/mol. The van der Waals surface area contributed by atoms with Gasteiger partial charge in [0.25, 0.3) is 0 Å². The molecule has 0 bridgehead atoms. The monoisotopic (exact) mass is 90.0 g/mol. The minimum absolute atomic E-state index is 0.824. The summed E-state index contributed by atoms with van der Waals surface area (Å²) in [6.07, 6.45) is 0. The standard InChI is InChI=1S/C3H4O3/c1-2(4)3(5)6/h1H3,(H,5,6)/i1+1,2+1. The number of carbonyl (C=O) groups is 2. The molecule has 0 spiro atoms. The summed E-state index contributed by atoms with van der Waals surface area (Å²) in [5, 5.41) is 7.64. The molecule has 0 saturated heterocycles. The van der Waals surface area contributed by atoms with Crippen LogP contribution in [0.1, 0.15) is 6.92 Å². The number of carbonyl (C=O) groups excluding carboxylic acids is 1. The molecule has 1 N–H and O–H groups in total. The van der Waals surface area contributed by atoms with Crippen molar-refractivity contribution in [1.82, 2.24) is 0 Å². The fourth-order valence-corrected chi connectivity index (χ4v) is 0. The number of Topliss-reactive ketones (excluding diaryl/α,β-unsaturated/α-hetero) is 1. The Morgan fingerprint density at radius 2 is 1.67 bits per heavy atom. The highest BCUT2D eigenvalue weighted by Crippen LogP contribution is 1.61. The molecule has 0 aliphatic rings. The molecule has 0 fully saturated rings. The number of hydrogen-bond acceptors (Lipinski definition) is 2. The molecule has 0 radical (unpaired) electrons. The predicted molar refractivity (Wildman–Crippen MR) is 18.3 cm³/mol. The van der Waals surface area contributed by atoms with Crippen molar-refractivity contribution in [2.75, 3.05) is 0 Å². The molecule has 0 rings (SSSR count). The Labute approximate surface area is 34.6 Å². The van der Waals surface area contributed by atoms with Crippen LogP contribution < -0.4 is 0 Å². The van der Waals surface area contributed by atoms with E-state index in [0.29, 0.717) is 0 Å². The van der Waals surface area contributed by atoms with E-state index in [1.54, 1.807) is 0 Å². The number of ketones is 1. The zero-order chi connectivity index (χ0) is 5.15. The molecule has 0 amide bonds. The Morgan fingerprint density at radius 1 is 1.50 bits per heavy atom. The van der Waals surface area contributed by atoms with Gasteiger partial charge in [-0.25, -0.2) is 4.79 Å². The van der Waals surface area contributed by atoms with Crippen molar-refractivity contribution in [2.24, 2.45) is 0 Å². The van der Waals surface area contributed by atoms with Gasteiger partial charge in [-0.3, -0.25) is 4.79 Å². The van der Waals surface area contributed by atoms with Crippen LogP contribution in [-0.2, 0) is 9.59 Å². The Kier molecular flexibility index (Phi) is 1.32. The molecular weight excluding hydrogens is 86.0 g/mol. The molecule has 0 aliphatic carbocycles. The maximum Gasteiger partial charge on any atom is 0.371 e. The second kappa shape index (κ2) is 1.55. The van der Waals surface area contributed by atoms with Gasteiger partial charge in [-0.15, -0.1) is 0 Å². The van der Waals surface area contributed by atoms with E-state index in [1.165, 1.54) is 0 Å². The first-order valence-corrected chi connectivity index (χ1v) is 1.38. The Bertz CT molecular complexity index is 72.0. The number of carboxylic acid groups (broad SMARTS) is 1. The Morgan fingerprint density at radius 3 is 1.67 bits per heavy atom. The highest BCUT2D eigenvalue weighted by molar-refractivity contribution is 6.31. The van der Waals surface area contributed by atoms with Crippen LogP contribution in [0, 0.1) is 0 Å². The van der Waals surface area contributed by atoms with Crippen LogP contribution in [0.5, 0.6) is 0 Å². The van der Waals surface area contributed by atoms with Crippen molar-refractivity contribution in [1.29, 1.82) is 0 Å². The highest BCUT2D eigenvalue weighted by atomic mass is 16.4. The minimum Gasteiger partial charge on any atom is -0.476 e. The zero-order valence-corrected chi connectivity index (χ0v) is 3.26. The summed E-state index contributed by atoms with van der Waals surface area (Å²) in [6, 6.07) is 0. The molecule has 0 heterocycles. The average Bonchev–Trinajstić information content (AvgIpc) is 1.36. The van der Waals surface area contributed by atoms with Gasteiger partial charge in [0.1, 0.15) is 0 Å². The van der Waals surface area contributed by atoms with E-state index in [1.807, 2.05) is 0 Å². The van der Waals surface area contributed by atoms with Crippen LogP contribution >= 0.6 is 0 Å². The van der Waals surface area contributed by atoms with Crippen molar-refractivity contribution in [2.45, 2.75) is 6.92 Å². The maximum atomic E-state index is 9.54. The van der Waals surface area contributed by atoms with Crippen LogP contribution in [0.4, 0.5) is 0 Å². The Hall–Kier alpha value is -0.860. The molecule has 0 aromatic heterocycles. The van der Waals surface area contributed by atoms with Crippen molar-refractivity contribution in [3.8, 4) is 0 Å². The van der Waals surface area contributed by atoms with Crippen LogP contribution in [0.25, 0.3) is 0 Å². The van der Waals surface area contributed by atoms with E-state index in [9.17, 15) is 9.59 Å². The normalized spacial score (nSPS) is 7.50. The molecule has 0 saturated carbocycles. The van der Waals surface area contributed by atoms with E-state index in [0.717, 1.165) is 6.92 Å². The first-order chi connectivity index (χ1) is 2.64. The Balaban J connectivity index is 3.57. The van der Waals surface area contributed by atoms with Crippen LogP contribution in [-0.4, -0.2) is 16.9 Å². The van der Waals surface area contributed by atoms with Gasteiger partial charge in [0.2, 0.25) is 5.78 Å². The summed E-state index contributed by atoms with van der Waals surface area (Å²) in [6.45, 7) is 1.00. The SMILES string of the molecule is [13CH3][13C](=O)C(=O)O. The predicted octanol–water partition coefficient (Wildman–Crippen LogP) is -0.340. The first-order valence-electron chi connectivity index (χ1n) is 1.38. The second-order valence-corrected chi connectivity index (χ2v) is 0.861. The number of rotatable bonds is 1. The maximum absolute atomic E-state index is 9.54. The lowest BCUT2D eigenvalue weighted by atomic mass is 11.0. The summed E-state index contributed by atoms with van der Waals surface area (Å²) < 4.78 is 0. The summed E-state index contributed by atoms with van der Waals surface area (Å²) in [7, 11) is 0. The van der Waals surface area contributed by atoms with Gasteiger partial charge in [0.15, 0.2) is 0 Å². The van der Waals surface area contributed by atoms with Crippen LogP contribution in [0.15, 0.2) is 0 Å². The number of hydrogen-bond donors (Lipinski definition) is 1. The van der Waals surface area contributed by atoms with Crippen molar-refractivity contribution in [3.63, 3.8) is 0 Å². The third-order valence-electron chi connectivity index (χ3n) is 0.301. The molecule has 3 nitrogen and oxygen atoms in total. The third kappa shape index (κ3) is 1.46. The summed E-state index contributed by atoms with van der Waals surface area (Å²) in [4.78, 5) is 18.9. The minimum atomic E-state index is -1.38. The number of aliphatic carboxylic acids is 1. The molecule has 3 heteroatoms. The summed E-state index contributed by atoms with van der Waals surface area (Å²) >= 11 is 0. The fraction of sp³-hybridized carbons (Fsp3) is 0.333. The van der Waals surface area contributed by atoms with Gasteiger partial charge in [-0.1, -0.05) is 0 Å². The second-order valence-electron chi connectivity index (χ2n) is 0.861. The molecule has 0 atom stereocenters. The van der Waals surface area contributed by atoms with E-state index < -0.39 is 11.8 Å². The molecule has 0 unspecified atom stereocenters. The van der Waals surface area contributed by atoms with Gasteiger partial charge >= 0.3 is 5.97 Å². The summed E-state index contributed by atoms with van der Waals surface area (Å²) in [5.74, 6) is -2.20. The van der Waals surface area contributed by atoms with Gasteiger partial charge in [0, 0.05) is 6.92 Å². The topological polar surface area (TPSA) is 54.4 Å². The van der Waals surface area contributed by atoms with Crippen molar-refractivity contribution < 1.29 is 14.7 Å². The van der Waals surface area contributed by atoms with Crippen LogP contribution in [0.2, 0.25) is 0 Å². The lowest BCUT2D eigenvalue weighted by molar-refractivity contribution is -0.148.